The van der Waals surface area contributed by atoms with Crippen molar-refractivity contribution >= 4 is 11.9 Å². The van der Waals surface area contributed by atoms with Gasteiger partial charge in [0.15, 0.2) is 0 Å². The number of carbonyl (C=O) groups excluding carboxylic acids is 1. The first-order valence-corrected chi connectivity index (χ1v) is 6.20. The van der Waals surface area contributed by atoms with Crippen LogP contribution in [0.4, 0.5) is 0 Å². The molecular formula is C14H19NO4. The van der Waals surface area contributed by atoms with Crippen molar-refractivity contribution in [1.82, 2.24) is 5.32 Å². The van der Waals surface area contributed by atoms with Gasteiger partial charge in [0.1, 0.15) is 0 Å². The lowest BCUT2D eigenvalue weighted by molar-refractivity contribution is 0.0469. The Bertz CT molecular complexity index is 468. The molecule has 0 saturated heterocycles. The van der Waals surface area contributed by atoms with Gasteiger partial charge in [-0.2, -0.15) is 0 Å². The van der Waals surface area contributed by atoms with E-state index in [1.807, 2.05) is 6.92 Å². The van der Waals surface area contributed by atoms with Crippen molar-refractivity contribution < 1.29 is 19.8 Å². The lowest BCUT2D eigenvalue weighted by atomic mass is 10.0. The lowest BCUT2D eigenvalue weighted by Gasteiger charge is -2.23. The smallest absolute Gasteiger partial charge is 0.336 e. The minimum absolute atomic E-state index is 0.0462. The molecule has 0 aromatic heterocycles. The Balaban J connectivity index is 2.77. The summed E-state index contributed by atoms with van der Waals surface area (Å²) in [6, 6.07) is 5.99. The highest BCUT2D eigenvalue weighted by molar-refractivity contribution is 6.04. The summed E-state index contributed by atoms with van der Waals surface area (Å²) in [4.78, 5) is 22.9. The fourth-order valence-corrected chi connectivity index (χ4v) is 1.86. The molecule has 0 spiro atoms. The quantitative estimate of drug-likeness (QED) is 0.730. The Labute approximate surface area is 112 Å². The molecule has 1 atom stereocenters. The molecule has 0 saturated carbocycles. The first-order chi connectivity index (χ1) is 8.87. The van der Waals surface area contributed by atoms with Crippen molar-refractivity contribution in [3.63, 3.8) is 0 Å². The van der Waals surface area contributed by atoms with E-state index in [9.17, 15) is 14.7 Å². The van der Waals surface area contributed by atoms with E-state index in [0.717, 1.165) is 6.42 Å². The van der Waals surface area contributed by atoms with Crippen LogP contribution in [0.25, 0.3) is 0 Å². The van der Waals surface area contributed by atoms with E-state index in [1.54, 1.807) is 19.1 Å². The fourth-order valence-electron chi connectivity index (χ4n) is 1.86. The second-order valence-electron chi connectivity index (χ2n) is 4.78. The zero-order valence-electron chi connectivity index (χ0n) is 11.1. The van der Waals surface area contributed by atoms with Crippen LogP contribution in [0.3, 0.4) is 0 Å². The minimum atomic E-state index is -1.15. The van der Waals surface area contributed by atoms with Crippen molar-refractivity contribution in [2.75, 3.05) is 6.54 Å². The molecular weight excluding hydrogens is 246 g/mol. The highest BCUT2D eigenvalue weighted by atomic mass is 16.4. The third-order valence-electron chi connectivity index (χ3n) is 2.82. The number of aliphatic hydroxyl groups is 1. The first-order valence-electron chi connectivity index (χ1n) is 6.20. The van der Waals surface area contributed by atoms with Crippen molar-refractivity contribution in [3.8, 4) is 0 Å². The number of hydrogen-bond acceptors (Lipinski definition) is 3. The number of carbonyl (C=O) groups is 2. The first kappa shape index (κ1) is 15.2. The normalized spacial score (nSPS) is 13.6. The number of amides is 1. The standard InChI is InChI=1S/C14H19NO4/c1-3-8-14(2,19)9-15-12(16)10-6-4-5-7-11(10)13(17)18/h4-7,19H,3,8-9H2,1-2H3,(H,15,16)(H,17,18). The van der Waals surface area contributed by atoms with Gasteiger partial charge in [0.05, 0.1) is 16.7 Å². The molecule has 0 aliphatic carbocycles. The maximum Gasteiger partial charge on any atom is 0.336 e. The number of carboxylic acid groups (broad SMARTS) is 1. The Hall–Kier alpha value is -1.88. The average Bonchev–Trinajstić information content (AvgIpc) is 2.36. The van der Waals surface area contributed by atoms with Gasteiger partial charge < -0.3 is 15.5 Å². The molecule has 0 radical (unpaired) electrons. The fraction of sp³-hybridized carbons (Fsp3) is 0.429. The average molecular weight is 265 g/mol. The van der Waals surface area contributed by atoms with Crippen LogP contribution in [-0.2, 0) is 0 Å². The minimum Gasteiger partial charge on any atom is -0.478 e. The third kappa shape index (κ3) is 4.37. The van der Waals surface area contributed by atoms with Crippen molar-refractivity contribution in [2.24, 2.45) is 0 Å². The Morgan fingerprint density at radius 1 is 1.26 bits per heavy atom. The molecule has 1 aromatic rings. The van der Waals surface area contributed by atoms with E-state index in [2.05, 4.69) is 5.32 Å². The van der Waals surface area contributed by atoms with Crippen LogP contribution >= 0.6 is 0 Å². The highest BCUT2D eigenvalue weighted by Gasteiger charge is 2.22. The number of hydrogen-bond donors (Lipinski definition) is 3. The molecule has 1 unspecified atom stereocenters. The zero-order valence-corrected chi connectivity index (χ0v) is 11.1. The van der Waals surface area contributed by atoms with Crippen LogP contribution in [0.2, 0.25) is 0 Å². The number of benzene rings is 1. The van der Waals surface area contributed by atoms with E-state index in [0.29, 0.717) is 6.42 Å². The van der Waals surface area contributed by atoms with Crippen LogP contribution in [0, 0.1) is 0 Å². The summed E-state index contributed by atoms with van der Waals surface area (Å²) >= 11 is 0. The van der Waals surface area contributed by atoms with Crippen molar-refractivity contribution in [2.45, 2.75) is 32.3 Å². The molecule has 19 heavy (non-hydrogen) atoms. The summed E-state index contributed by atoms with van der Waals surface area (Å²) in [5.74, 6) is -1.64. The largest absolute Gasteiger partial charge is 0.478 e. The summed E-state index contributed by atoms with van der Waals surface area (Å²) in [5, 5.41) is 21.5. The molecule has 0 aliphatic rings. The summed E-state index contributed by atoms with van der Waals surface area (Å²) in [7, 11) is 0. The van der Waals surface area contributed by atoms with Gasteiger partial charge in [0.2, 0.25) is 0 Å². The van der Waals surface area contributed by atoms with Crippen molar-refractivity contribution in [1.29, 1.82) is 0 Å². The molecule has 0 bridgehead atoms. The molecule has 1 rings (SSSR count). The topological polar surface area (TPSA) is 86.6 Å². The molecule has 0 heterocycles. The van der Waals surface area contributed by atoms with Gasteiger partial charge in [-0.15, -0.1) is 0 Å². The Morgan fingerprint density at radius 3 is 2.37 bits per heavy atom. The van der Waals surface area contributed by atoms with Crippen LogP contribution in [0.15, 0.2) is 24.3 Å². The van der Waals surface area contributed by atoms with E-state index in [1.165, 1.54) is 12.1 Å². The van der Waals surface area contributed by atoms with Gasteiger partial charge >= 0.3 is 5.97 Å². The maximum atomic E-state index is 11.9. The highest BCUT2D eigenvalue weighted by Crippen LogP contribution is 2.12. The monoisotopic (exact) mass is 265 g/mol. The predicted molar refractivity (Wildman–Crippen MR) is 71.3 cm³/mol. The second-order valence-corrected chi connectivity index (χ2v) is 4.78. The molecule has 5 nitrogen and oxygen atoms in total. The number of rotatable bonds is 6. The summed E-state index contributed by atoms with van der Waals surface area (Å²) < 4.78 is 0. The van der Waals surface area contributed by atoms with E-state index < -0.39 is 17.5 Å². The Kier molecular flexibility index (Phi) is 5.06. The second kappa shape index (κ2) is 6.33. The number of nitrogens with one attached hydrogen (secondary N) is 1. The van der Waals surface area contributed by atoms with E-state index in [-0.39, 0.29) is 17.7 Å². The molecule has 0 fully saturated rings. The van der Waals surface area contributed by atoms with E-state index in [4.69, 9.17) is 5.11 Å². The van der Waals surface area contributed by atoms with Gasteiger partial charge in [-0.1, -0.05) is 25.5 Å². The van der Waals surface area contributed by atoms with Gasteiger partial charge in [0, 0.05) is 6.54 Å². The van der Waals surface area contributed by atoms with Gasteiger partial charge in [-0.25, -0.2) is 4.79 Å². The predicted octanol–water partition coefficient (Wildman–Crippen LogP) is 1.67. The summed E-state index contributed by atoms with van der Waals surface area (Å²) in [5.41, 5.74) is -0.930. The maximum absolute atomic E-state index is 11.9. The molecule has 5 heteroatoms. The zero-order chi connectivity index (χ0) is 14.5. The SMILES string of the molecule is CCCC(C)(O)CNC(=O)c1ccccc1C(=O)O. The molecule has 0 aliphatic heterocycles. The van der Waals surface area contributed by atoms with Gasteiger partial charge in [-0.3, -0.25) is 4.79 Å². The molecule has 104 valence electrons. The number of carboxylic acids is 1. The van der Waals surface area contributed by atoms with Crippen LogP contribution < -0.4 is 5.32 Å². The van der Waals surface area contributed by atoms with Crippen LogP contribution in [0.5, 0.6) is 0 Å². The van der Waals surface area contributed by atoms with Crippen molar-refractivity contribution in [3.05, 3.63) is 35.4 Å². The van der Waals surface area contributed by atoms with Gasteiger partial charge in [-0.05, 0) is 25.5 Å². The summed E-state index contributed by atoms with van der Waals surface area (Å²) in [6.45, 7) is 3.67. The molecule has 1 aromatic carbocycles. The Morgan fingerprint density at radius 2 is 1.84 bits per heavy atom. The van der Waals surface area contributed by atoms with Gasteiger partial charge in [0.25, 0.3) is 5.91 Å². The van der Waals surface area contributed by atoms with Crippen LogP contribution in [-0.4, -0.2) is 34.2 Å². The molecule has 1 amide bonds. The molecule has 3 N–H and O–H groups in total. The third-order valence-corrected chi connectivity index (χ3v) is 2.82. The number of aromatic carboxylic acids is 1. The lowest BCUT2D eigenvalue weighted by Crippen LogP contribution is -2.40. The van der Waals surface area contributed by atoms with E-state index >= 15 is 0 Å². The van der Waals surface area contributed by atoms with Crippen LogP contribution in [0.1, 0.15) is 47.4 Å². The summed E-state index contributed by atoms with van der Waals surface area (Å²) in [6.07, 6.45) is 1.36.